The Morgan fingerprint density at radius 3 is 2.82 bits per heavy atom. The second-order valence-corrected chi connectivity index (χ2v) is 10.2. The topological polar surface area (TPSA) is 78.0 Å². The molecule has 9 heteroatoms. The van der Waals surface area contributed by atoms with E-state index in [1.165, 1.54) is 16.9 Å². The quantitative estimate of drug-likeness (QED) is 0.258. The first-order chi connectivity index (χ1) is 13.6. The summed E-state index contributed by atoms with van der Waals surface area (Å²) in [5.41, 5.74) is 1.27. The van der Waals surface area contributed by atoms with E-state index in [4.69, 9.17) is 0 Å². The highest BCUT2D eigenvalue weighted by Crippen LogP contribution is 2.42. The van der Waals surface area contributed by atoms with Gasteiger partial charge in [-0.15, -0.1) is 23.1 Å². The Bertz CT molecular complexity index is 1140. The van der Waals surface area contributed by atoms with Crippen LogP contribution in [0.3, 0.4) is 0 Å². The highest BCUT2D eigenvalue weighted by atomic mass is 32.2. The molecule has 5 rings (SSSR count). The lowest BCUT2D eigenvalue weighted by atomic mass is 9.97. The maximum Gasteiger partial charge on any atom is 0.282 e. The molecule has 0 fully saturated rings. The average molecular weight is 432 g/mol. The zero-order valence-electron chi connectivity index (χ0n) is 14.9. The molecular formula is C19H17N3O3S3. The predicted molar refractivity (Wildman–Crippen MR) is 114 cm³/mol. The van der Waals surface area contributed by atoms with Crippen LogP contribution in [-0.4, -0.2) is 26.0 Å². The molecule has 2 aliphatic rings. The molecule has 0 N–H and O–H groups in total. The van der Waals surface area contributed by atoms with E-state index in [1.54, 1.807) is 59.1 Å². The molecule has 0 saturated carbocycles. The van der Waals surface area contributed by atoms with E-state index in [1.807, 2.05) is 0 Å². The molecule has 3 aromatic rings. The Morgan fingerprint density at radius 2 is 2.04 bits per heavy atom. The molecule has 0 radical (unpaired) electrons. The van der Waals surface area contributed by atoms with Gasteiger partial charge in [0.2, 0.25) is 0 Å². The van der Waals surface area contributed by atoms with E-state index in [0.717, 1.165) is 51.0 Å². The smallest absolute Gasteiger partial charge is 0.282 e. The lowest BCUT2D eigenvalue weighted by molar-refractivity contribution is -0.384. The molecule has 0 saturated heterocycles. The number of thioether (sulfide) groups is 2. The molecule has 1 atom stereocenters. The second-order valence-electron chi connectivity index (χ2n) is 6.99. The number of nitro benzene ring substituents is 1. The van der Waals surface area contributed by atoms with Gasteiger partial charge in [-0.2, -0.15) is 4.98 Å². The largest absolute Gasteiger partial charge is 0.307 e. The summed E-state index contributed by atoms with van der Waals surface area (Å²) in [7, 11) is 0. The van der Waals surface area contributed by atoms with Crippen LogP contribution >= 0.6 is 34.9 Å². The number of hydrogen-bond acceptors (Lipinski definition) is 7. The summed E-state index contributed by atoms with van der Waals surface area (Å²) >= 11 is 5.11. The summed E-state index contributed by atoms with van der Waals surface area (Å²) in [6.45, 7) is 0. The number of nitrogens with zero attached hydrogens (tertiary/aromatic N) is 3. The van der Waals surface area contributed by atoms with Crippen LogP contribution in [0.2, 0.25) is 0 Å². The van der Waals surface area contributed by atoms with Crippen molar-refractivity contribution in [3.63, 3.8) is 0 Å². The van der Waals surface area contributed by atoms with E-state index in [2.05, 4.69) is 9.55 Å². The van der Waals surface area contributed by atoms with Crippen LogP contribution < -0.4 is 5.56 Å². The van der Waals surface area contributed by atoms with Gasteiger partial charge in [0.1, 0.15) is 4.83 Å². The summed E-state index contributed by atoms with van der Waals surface area (Å²) in [6.07, 6.45) is 4.40. The van der Waals surface area contributed by atoms with Gasteiger partial charge < -0.3 is 4.57 Å². The number of rotatable bonds is 4. The van der Waals surface area contributed by atoms with Crippen molar-refractivity contribution in [2.75, 3.05) is 11.5 Å². The Labute approximate surface area is 173 Å². The van der Waals surface area contributed by atoms with Gasteiger partial charge in [-0.1, -0.05) is 11.8 Å². The van der Waals surface area contributed by atoms with Crippen molar-refractivity contribution >= 4 is 50.8 Å². The molecule has 0 spiro atoms. The van der Waals surface area contributed by atoms with Crippen LogP contribution in [0.5, 0.6) is 0 Å². The van der Waals surface area contributed by atoms with E-state index in [9.17, 15) is 14.9 Å². The summed E-state index contributed by atoms with van der Waals surface area (Å²) in [6, 6.07) is 6.95. The highest BCUT2D eigenvalue weighted by Gasteiger charge is 2.29. The standard InChI is InChI=1S/C19H17N3O3S3/c23-17-16-14-3-1-2-4-15(14)28-18(16)21-12(10-27-19(21)20-17)9-26-13-7-5-11(6-8-13)22(24)25/h5-8,12H,1-4,9-10H2/t12-/m1/s1. The van der Waals surface area contributed by atoms with E-state index in [-0.39, 0.29) is 22.2 Å². The van der Waals surface area contributed by atoms with Gasteiger partial charge in [0.25, 0.3) is 11.2 Å². The predicted octanol–water partition coefficient (Wildman–Crippen LogP) is 4.68. The summed E-state index contributed by atoms with van der Waals surface area (Å²) in [5.74, 6) is 1.74. The first-order valence-corrected chi connectivity index (χ1v) is 12.0. The lowest BCUT2D eigenvalue weighted by Crippen LogP contribution is -2.17. The number of hydrogen-bond donors (Lipinski definition) is 0. The van der Waals surface area contributed by atoms with Gasteiger partial charge in [-0.05, 0) is 43.4 Å². The normalized spacial score (nSPS) is 18.2. The Kier molecular flexibility index (Phi) is 4.68. The van der Waals surface area contributed by atoms with Crippen molar-refractivity contribution in [3.8, 4) is 0 Å². The molecular weight excluding hydrogens is 414 g/mol. The van der Waals surface area contributed by atoms with Crippen molar-refractivity contribution < 1.29 is 4.92 Å². The summed E-state index contributed by atoms with van der Waals surface area (Å²) in [4.78, 5) is 30.9. The monoisotopic (exact) mass is 431 g/mol. The minimum absolute atomic E-state index is 0.0724. The van der Waals surface area contributed by atoms with Gasteiger partial charge in [0.05, 0.1) is 16.4 Å². The first kappa shape index (κ1) is 18.2. The van der Waals surface area contributed by atoms with Crippen molar-refractivity contribution in [3.05, 3.63) is 55.2 Å². The SMILES string of the molecule is O=c1nc2n(c3sc4c(c13)CCCC4)[C@H](CSc1ccc([N+](=O)[O-])cc1)CS2. The molecule has 1 aliphatic heterocycles. The van der Waals surface area contributed by atoms with Crippen molar-refractivity contribution in [1.82, 2.24) is 9.55 Å². The van der Waals surface area contributed by atoms with Crippen LogP contribution in [0.1, 0.15) is 29.3 Å². The van der Waals surface area contributed by atoms with Crippen LogP contribution in [0.4, 0.5) is 5.69 Å². The third-order valence-corrected chi connectivity index (χ3v) is 8.79. The van der Waals surface area contributed by atoms with E-state index >= 15 is 0 Å². The van der Waals surface area contributed by atoms with Crippen LogP contribution in [-0.2, 0) is 12.8 Å². The van der Waals surface area contributed by atoms with Crippen molar-refractivity contribution in [2.45, 2.75) is 41.8 Å². The molecule has 3 heterocycles. The average Bonchev–Trinajstić information content (AvgIpc) is 3.28. The molecule has 28 heavy (non-hydrogen) atoms. The number of nitro groups is 1. The number of non-ortho nitro benzene ring substituents is 1. The first-order valence-electron chi connectivity index (χ1n) is 9.18. The number of aromatic nitrogens is 2. The maximum atomic E-state index is 12.7. The van der Waals surface area contributed by atoms with Gasteiger partial charge in [-0.3, -0.25) is 14.9 Å². The molecule has 0 unspecified atom stereocenters. The number of fused-ring (bicyclic) bond motifs is 5. The van der Waals surface area contributed by atoms with Crippen LogP contribution in [0, 0.1) is 10.1 Å². The number of aryl methyl sites for hydroxylation is 2. The minimum Gasteiger partial charge on any atom is -0.307 e. The zero-order valence-corrected chi connectivity index (χ0v) is 17.4. The molecule has 1 aliphatic carbocycles. The van der Waals surface area contributed by atoms with Crippen LogP contribution in [0.25, 0.3) is 10.2 Å². The van der Waals surface area contributed by atoms with Gasteiger partial charge >= 0.3 is 0 Å². The number of benzene rings is 1. The second kappa shape index (κ2) is 7.20. The Balaban J connectivity index is 1.46. The van der Waals surface area contributed by atoms with Crippen molar-refractivity contribution in [1.29, 1.82) is 0 Å². The van der Waals surface area contributed by atoms with Gasteiger partial charge in [0, 0.05) is 33.4 Å². The molecule has 6 nitrogen and oxygen atoms in total. The highest BCUT2D eigenvalue weighted by molar-refractivity contribution is 8.00. The fraction of sp³-hybridized carbons (Fsp3) is 0.368. The molecule has 1 aromatic carbocycles. The van der Waals surface area contributed by atoms with Gasteiger partial charge in [0.15, 0.2) is 5.16 Å². The van der Waals surface area contributed by atoms with E-state index in [0.29, 0.717) is 0 Å². The minimum atomic E-state index is -0.379. The Hall–Kier alpha value is -1.84. The number of thiophene rings is 1. The Morgan fingerprint density at radius 1 is 1.25 bits per heavy atom. The summed E-state index contributed by atoms with van der Waals surface area (Å²) < 4.78 is 2.27. The van der Waals surface area contributed by atoms with Crippen molar-refractivity contribution in [2.24, 2.45) is 0 Å². The van der Waals surface area contributed by atoms with Gasteiger partial charge in [-0.25, -0.2) is 0 Å². The molecule has 0 amide bonds. The van der Waals surface area contributed by atoms with Crippen LogP contribution in [0.15, 0.2) is 39.1 Å². The fourth-order valence-electron chi connectivity index (χ4n) is 3.87. The van der Waals surface area contributed by atoms with E-state index < -0.39 is 0 Å². The molecule has 0 bridgehead atoms. The zero-order chi connectivity index (χ0) is 19.3. The lowest BCUT2D eigenvalue weighted by Gasteiger charge is -2.15. The maximum absolute atomic E-state index is 12.7. The third kappa shape index (κ3) is 3.05. The summed E-state index contributed by atoms with van der Waals surface area (Å²) in [5, 5.41) is 12.5. The third-order valence-electron chi connectivity index (χ3n) is 5.25. The molecule has 144 valence electrons. The fourth-order valence-corrected chi connectivity index (χ4v) is 7.65. The molecule has 2 aromatic heterocycles.